The monoisotopic (exact) mass is 277 g/mol. The molecule has 2 rings (SSSR count). The van der Waals surface area contributed by atoms with Crippen LogP contribution in [0, 0.1) is 19.8 Å². The quantitative estimate of drug-likeness (QED) is 0.898. The molecular weight excluding hydrogens is 250 g/mol. The van der Waals surface area contributed by atoms with Gasteiger partial charge < -0.3 is 14.7 Å². The number of methoxy groups -OCH3 is 1. The van der Waals surface area contributed by atoms with E-state index in [0.29, 0.717) is 5.92 Å². The molecule has 1 aliphatic heterocycles. The molecule has 0 amide bonds. The second kappa shape index (κ2) is 7.21. The van der Waals surface area contributed by atoms with E-state index in [1.807, 2.05) is 0 Å². The highest BCUT2D eigenvalue weighted by molar-refractivity contribution is 5.32. The van der Waals surface area contributed by atoms with E-state index in [-0.39, 0.29) is 6.10 Å². The summed E-state index contributed by atoms with van der Waals surface area (Å²) in [5.41, 5.74) is 3.46. The van der Waals surface area contributed by atoms with Crippen LogP contribution in [-0.4, -0.2) is 43.4 Å². The van der Waals surface area contributed by atoms with Crippen molar-refractivity contribution in [3.63, 3.8) is 0 Å². The predicted octanol–water partition coefficient (Wildman–Crippen LogP) is 2.70. The molecule has 20 heavy (non-hydrogen) atoms. The number of likely N-dealkylation sites (tertiary alicyclic amines) is 1. The van der Waals surface area contributed by atoms with Crippen molar-refractivity contribution >= 4 is 0 Å². The number of aryl methyl sites for hydroxylation is 2. The van der Waals surface area contributed by atoms with Gasteiger partial charge in [0.05, 0.1) is 6.10 Å². The largest absolute Gasteiger partial charge is 0.387 e. The Morgan fingerprint density at radius 3 is 2.65 bits per heavy atom. The summed E-state index contributed by atoms with van der Waals surface area (Å²) in [6.07, 6.45) is 1.97. The summed E-state index contributed by atoms with van der Waals surface area (Å²) < 4.78 is 5.23. The first-order valence-electron chi connectivity index (χ1n) is 7.56. The van der Waals surface area contributed by atoms with E-state index in [1.165, 1.54) is 24.0 Å². The van der Waals surface area contributed by atoms with Gasteiger partial charge in [-0.2, -0.15) is 0 Å². The molecule has 1 heterocycles. The van der Waals surface area contributed by atoms with E-state index in [1.54, 1.807) is 7.11 Å². The molecule has 1 unspecified atom stereocenters. The number of hydrogen-bond acceptors (Lipinski definition) is 3. The molecule has 0 aliphatic carbocycles. The SMILES string of the molecule is COCC1CCN(CC(O)c2cc(C)ccc2C)CC1. The lowest BCUT2D eigenvalue weighted by molar-refractivity contribution is 0.0654. The number of hydrogen-bond donors (Lipinski definition) is 1. The van der Waals surface area contributed by atoms with Crippen LogP contribution in [0.15, 0.2) is 18.2 Å². The van der Waals surface area contributed by atoms with Gasteiger partial charge >= 0.3 is 0 Å². The third-order valence-corrected chi connectivity index (χ3v) is 4.33. The van der Waals surface area contributed by atoms with Gasteiger partial charge in [0.15, 0.2) is 0 Å². The van der Waals surface area contributed by atoms with Gasteiger partial charge in [0.25, 0.3) is 0 Å². The van der Waals surface area contributed by atoms with Gasteiger partial charge in [-0.25, -0.2) is 0 Å². The number of piperidine rings is 1. The molecule has 0 bridgehead atoms. The third-order valence-electron chi connectivity index (χ3n) is 4.33. The van der Waals surface area contributed by atoms with Crippen LogP contribution < -0.4 is 0 Å². The van der Waals surface area contributed by atoms with Crippen molar-refractivity contribution in [1.82, 2.24) is 4.90 Å². The lowest BCUT2D eigenvalue weighted by atomic mass is 9.96. The number of aliphatic hydroxyl groups excluding tert-OH is 1. The van der Waals surface area contributed by atoms with E-state index < -0.39 is 0 Å². The first kappa shape index (κ1) is 15.5. The van der Waals surface area contributed by atoms with E-state index in [4.69, 9.17) is 4.74 Å². The second-order valence-corrected chi connectivity index (χ2v) is 6.08. The molecule has 112 valence electrons. The van der Waals surface area contributed by atoms with Crippen molar-refractivity contribution in [3.05, 3.63) is 34.9 Å². The third kappa shape index (κ3) is 4.05. The van der Waals surface area contributed by atoms with Crippen LogP contribution in [0.5, 0.6) is 0 Å². The smallest absolute Gasteiger partial charge is 0.0919 e. The van der Waals surface area contributed by atoms with Crippen molar-refractivity contribution in [2.45, 2.75) is 32.8 Å². The Labute approximate surface area is 122 Å². The number of rotatable bonds is 5. The topological polar surface area (TPSA) is 32.7 Å². The molecule has 0 radical (unpaired) electrons. The zero-order valence-corrected chi connectivity index (χ0v) is 12.9. The Kier molecular flexibility index (Phi) is 5.58. The van der Waals surface area contributed by atoms with Crippen molar-refractivity contribution < 1.29 is 9.84 Å². The van der Waals surface area contributed by atoms with Crippen LogP contribution in [0.3, 0.4) is 0 Å². The molecule has 0 aromatic heterocycles. The highest BCUT2D eigenvalue weighted by Gasteiger charge is 2.22. The molecule has 1 aromatic rings. The lowest BCUT2D eigenvalue weighted by Gasteiger charge is -2.33. The molecular formula is C17H27NO2. The van der Waals surface area contributed by atoms with Gasteiger partial charge in [0.2, 0.25) is 0 Å². The van der Waals surface area contributed by atoms with Gasteiger partial charge in [-0.05, 0) is 56.8 Å². The minimum atomic E-state index is -0.381. The summed E-state index contributed by atoms with van der Waals surface area (Å²) in [6, 6.07) is 6.30. The maximum Gasteiger partial charge on any atom is 0.0919 e. The first-order chi connectivity index (χ1) is 9.60. The summed E-state index contributed by atoms with van der Waals surface area (Å²) in [6.45, 7) is 7.89. The Balaban J connectivity index is 1.89. The van der Waals surface area contributed by atoms with Crippen LogP contribution in [0.4, 0.5) is 0 Å². The number of aliphatic hydroxyl groups is 1. The Bertz CT molecular complexity index is 425. The average Bonchev–Trinajstić information content (AvgIpc) is 2.44. The Morgan fingerprint density at radius 2 is 2.00 bits per heavy atom. The fraction of sp³-hybridized carbons (Fsp3) is 0.647. The summed E-state index contributed by atoms with van der Waals surface area (Å²) in [7, 11) is 1.77. The zero-order valence-electron chi connectivity index (χ0n) is 12.9. The average molecular weight is 277 g/mol. The van der Waals surface area contributed by atoms with Crippen molar-refractivity contribution in [2.75, 3.05) is 33.4 Å². The first-order valence-corrected chi connectivity index (χ1v) is 7.56. The minimum absolute atomic E-state index is 0.381. The van der Waals surface area contributed by atoms with Crippen LogP contribution in [0.1, 0.15) is 35.6 Å². The van der Waals surface area contributed by atoms with E-state index in [2.05, 4.69) is 36.9 Å². The predicted molar refractivity (Wildman–Crippen MR) is 81.9 cm³/mol. The van der Waals surface area contributed by atoms with E-state index >= 15 is 0 Å². The highest BCUT2D eigenvalue weighted by atomic mass is 16.5. The zero-order chi connectivity index (χ0) is 14.5. The fourth-order valence-electron chi connectivity index (χ4n) is 3.03. The van der Waals surface area contributed by atoms with Gasteiger partial charge in [0, 0.05) is 20.3 Å². The minimum Gasteiger partial charge on any atom is -0.387 e. The van der Waals surface area contributed by atoms with E-state index in [0.717, 1.165) is 31.8 Å². The normalized spacial score (nSPS) is 19.2. The van der Waals surface area contributed by atoms with Crippen LogP contribution in [0.25, 0.3) is 0 Å². The van der Waals surface area contributed by atoms with Gasteiger partial charge in [-0.3, -0.25) is 0 Å². The molecule has 3 nitrogen and oxygen atoms in total. The molecule has 0 spiro atoms. The summed E-state index contributed by atoms with van der Waals surface area (Å²) in [5.74, 6) is 0.689. The second-order valence-electron chi connectivity index (χ2n) is 6.08. The summed E-state index contributed by atoms with van der Waals surface area (Å²) >= 11 is 0. The summed E-state index contributed by atoms with van der Waals surface area (Å²) in [4.78, 5) is 2.37. The number of benzene rings is 1. The molecule has 3 heteroatoms. The van der Waals surface area contributed by atoms with Crippen LogP contribution in [0.2, 0.25) is 0 Å². The Hall–Kier alpha value is -0.900. The van der Waals surface area contributed by atoms with Crippen LogP contribution in [-0.2, 0) is 4.74 Å². The van der Waals surface area contributed by atoms with Crippen LogP contribution >= 0.6 is 0 Å². The van der Waals surface area contributed by atoms with Gasteiger partial charge in [-0.1, -0.05) is 23.8 Å². The van der Waals surface area contributed by atoms with Gasteiger partial charge in [-0.15, -0.1) is 0 Å². The number of ether oxygens (including phenoxy) is 1. The number of nitrogens with zero attached hydrogens (tertiary/aromatic N) is 1. The highest BCUT2D eigenvalue weighted by Crippen LogP contribution is 2.23. The molecule has 1 fully saturated rings. The maximum absolute atomic E-state index is 10.5. The summed E-state index contributed by atoms with van der Waals surface area (Å²) in [5, 5.41) is 10.5. The van der Waals surface area contributed by atoms with E-state index in [9.17, 15) is 5.11 Å². The van der Waals surface area contributed by atoms with Crippen molar-refractivity contribution in [3.8, 4) is 0 Å². The fourth-order valence-corrected chi connectivity index (χ4v) is 3.03. The lowest BCUT2D eigenvalue weighted by Crippen LogP contribution is -2.37. The molecule has 1 aliphatic rings. The van der Waals surface area contributed by atoms with Gasteiger partial charge in [0.1, 0.15) is 0 Å². The Morgan fingerprint density at radius 1 is 1.30 bits per heavy atom. The van der Waals surface area contributed by atoms with Crippen molar-refractivity contribution in [1.29, 1.82) is 0 Å². The molecule has 1 N–H and O–H groups in total. The standard InChI is InChI=1S/C17H27NO2/c1-13-4-5-14(2)16(10-13)17(19)11-18-8-6-15(7-9-18)12-20-3/h4-5,10,15,17,19H,6-9,11-12H2,1-3H3. The van der Waals surface area contributed by atoms with Crippen molar-refractivity contribution in [2.24, 2.45) is 5.92 Å². The molecule has 0 saturated carbocycles. The molecule has 1 saturated heterocycles. The number of β-amino-alcohol motifs (C(OH)–C–C–N with tert-alkyl or cyclic N) is 1. The maximum atomic E-state index is 10.5. The molecule has 1 atom stereocenters. The molecule has 1 aromatic carbocycles.